The molecule has 2 bridgehead atoms. The lowest BCUT2D eigenvalue weighted by Crippen LogP contribution is -2.44. The number of hydrogen-bond donors (Lipinski definition) is 0. The fraction of sp³-hybridized carbons (Fsp3) is 0.353. The molecule has 2 unspecified atom stereocenters. The van der Waals surface area contributed by atoms with E-state index in [1.165, 1.54) is 0 Å². The smallest absolute Gasteiger partial charge is 0.274 e. The van der Waals surface area contributed by atoms with E-state index in [2.05, 4.69) is 9.97 Å². The SMILES string of the molecule is Cc1cnc(-c2cccc(C(=O)N3C4CCCC3CC4)c2F)cc1-n1c(C)cc([C@H]2C[C@@H]2c2cncc(Cl)c2)c(Cl)c1=O. The normalized spacial score (nSPS) is 22.6. The average Bonchev–Trinajstić information content (AvgIpc) is 3.75. The maximum Gasteiger partial charge on any atom is 0.274 e. The Morgan fingerprint density at radius 3 is 2.49 bits per heavy atom. The lowest BCUT2D eigenvalue weighted by atomic mass is 9.99. The van der Waals surface area contributed by atoms with Gasteiger partial charge in [-0.1, -0.05) is 29.3 Å². The standard InChI is InChI=1S/C34H31Cl2FN4O2/c1-18-15-39-29(24-7-4-8-25(32(24)37)33(42)41-22-5-3-6-23(41)10-9-22)14-30(18)40-19(2)11-28(31(36)34(40)43)27-13-26(27)20-12-21(35)17-38-16-20/h4,7-8,11-12,14-17,22-23,26-27H,3,5-6,9-10,13H2,1-2H3/t22?,23?,26-,27+/m1/s1. The molecule has 2 saturated heterocycles. The quantitative estimate of drug-likeness (QED) is 0.229. The summed E-state index contributed by atoms with van der Waals surface area (Å²) < 4.78 is 17.6. The largest absolute Gasteiger partial charge is 0.333 e. The summed E-state index contributed by atoms with van der Waals surface area (Å²) in [6.45, 7) is 3.72. The first kappa shape index (κ1) is 28.2. The maximum atomic E-state index is 16.1. The number of aryl methyl sites for hydroxylation is 2. The minimum Gasteiger partial charge on any atom is -0.333 e. The number of rotatable bonds is 5. The second kappa shape index (κ2) is 10.9. The van der Waals surface area contributed by atoms with Crippen molar-refractivity contribution < 1.29 is 9.18 Å². The number of aromatic nitrogens is 3. The molecule has 1 amide bonds. The van der Waals surface area contributed by atoms with Gasteiger partial charge in [0.2, 0.25) is 0 Å². The molecule has 0 spiro atoms. The van der Waals surface area contributed by atoms with Gasteiger partial charge in [0.1, 0.15) is 10.8 Å². The molecule has 6 nitrogen and oxygen atoms in total. The fourth-order valence-corrected chi connectivity index (χ4v) is 7.69. The van der Waals surface area contributed by atoms with Crippen molar-refractivity contribution in [1.29, 1.82) is 0 Å². The van der Waals surface area contributed by atoms with Gasteiger partial charge in [0.25, 0.3) is 11.5 Å². The molecule has 3 aromatic heterocycles. The number of fused-ring (bicyclic) bond motifs is 2. The van der Waals surface area contributed by atoms with Gasteiger partial charge < -0.3 is 4.90 Å². The first-order chi connectivity index (χ1) is 20.7. The number of halogens is 3. The highest BCUT2D eigenvalue weighted by Crippen LogP contribution is 2.56. The molecule has 43 heavy (non-hydrogen) atoms. The van der Waals surface area contributed by atoms with Crippen molar-refractivity contribution in [3.63, 3.8) is 0 Å². The van der Waals surface area contributed by atoms with E-state index >= 15 is 4.39 Å². The number of carbonyl (C=O) groups excluding carboxylic acids is 1. The Kier molecular flexibility index (Phi) is 7.13. The molecule has 0 N–H and O–H groups in total. The van der Waals surface area contributed by atoms with Crippen molar-refractivity contribution >= 4 is 29.1 Å². The first-order valence-corrected chi connectivity index (χ1v) is 15.6. The van der Waals surface area contributed by atoms with Crippen LogP contribution in [0.2, 0.25) is 10.0 Å². The van der Waals surface area contributed by atoms with Crippen molar-refractivity contribution in [2.24, 2.45) is 0 Å². The number of amides is 1. The summed E-state index contributed by atoms with van der Waals surface area (Å²) in [5.74, 6) is -0.536. The zero-order valence-corrected chi connectivity index (χ0v) is 25.5. The van der Waals surface area contributed by atoms with Crippen LogP contribution in [0.5, 0.6) is 0 Å². The minimum absolute atomic E-state index is 0.0647. The van der Waals surface area contributed by atoms with Crippen LogP contribution in [0.4, 0.5) is 4.39 Å². The van der Waals surface area contributed by atoms with Crippen molar-refractivity contribution in [3.8, 4) is 16.9 Å². The van der Waals surface area contributed by atoms with Crippen LogP contribution >= 0.6 is 23.2 Å². The summed E-state index contributed by atoms with van der Waals surface area (Å²) in [6, 6.07) is 10.8. The number of nitrogens with zero attached hydrogens (tertiary/aromatic N) is 4. The molecule has 2 aliphatic heterocycles. The molecule has 1 aromatic carbocycles. The Morgan fingerprint density at radius 1 is 0.977 bits per heavy atom. The van der Waals surface area contributed by atoms with Crippen LogP contribution < -0.4 is 5.56 Å². The third-order valence-corrected chi connectivity index (χ3v) is 10.0. The second-order valence-corrected chi connectivity index (χ2v) is 12.9. The minimum atomic E-state index is -0.590. The van der Waals surface area contributed by atoms with Crippen LogP contribution in [0.1, 0.15) is 83.1 Å². The van der Waals surface area contributed by atoms with Crippen LogP contribution in [0.3, 0.4) is 0 Å². The molecular formula is C34H31Cl2FN4O2. The molecule has 7 rings (SSSR count). The predicted octanol–water partition coefficient (Wildman–Crippen LogP) is 7.79. The van der Waals surface area contributed by atoms with Crippen LogP contribution in [-0.2, 0) is 0 Å². The highest BCUT2D eigenvalue weighted by molar-refractivity contribution is 6.31. The van der Waals surface area contributed by atoms with Crippen molar-refractivity contribution in [2.75, 3.05) is 0 Å². The third kappa shape index (κ3) is 4.87. The Balaban J connectivity index is 1.23. The molecule has 4 atom stereocenters. The number of piperidine rings is 1. The van der Waals surface area contributed by atoms with Gasteiger partial charge in [-0.3, -0.25) is 24.1 Å². The lowest BCUT2D eigenvalue weighted by Gasteiger charge is -2.35. The van der Waals surface area contributed by atoms with Crippen LogP contribution in [0, 0.1) is 19.7 Å². The second-order valence-electron chi connectivity index (χ2n) is 12.1. The van der Waals surface area contributed by atoms with E-state index in [4.69, 9.17) is 23.2 Å². The summed E-state index contributed by atoms with van der Waals surface area (Å²) in [5.41, 5.74) is 4.15. The van der Waals surface area contributed by atoms with Crippen molar-refractivity contribution in [2.45, 2.75) is 76.3 Å². The zero-order valence-electron chi connectivity index (χ0n) is 24.0. The number of benzene rings is 1. The van der Waals surface area contributed by atoms with E-state index < -0.39 is 5.82 Å². The first-order valence-electron chi connectivity index (χ1n) is 14.8. The zero-order chi connectivity index (χ0) is 30.0. The van der Waals surface area contributed by atoms with Gasteiger partial charge in [0, 0.05) is 41.9 Å². The van der Waals surface area contributed by atoms with E-state index in [1.54, 1.807) is 47.4 Å². The van der Waals surface area contributed by atoms with Gasteiger partial charge in [-0.15, -0.1) is 0 Å². The highest BCUT2D eigenvalue weighted by Gasteiger charge is 2.42. The maximum absolute atomic E-state index is 16.1. The van der Waals surface area contributed by atoms with Gasteiger partial charge in [0.15, 0.2) is 0 Å². The van der Waals surface area contributed by atoms with E-state index in [1.807, 2.05) is 30.9 Å². The van der Waals surface area contributed by atoms with E-state index in [-0.39, 0.29) is 51.5 Å². The molecular weight excluding hydrogens is 586 g/mol. The lowest BCUT2D eigenvalue weighted by molar-refractivity contribution is 0.0590. The average molecular weight is 618 g/mol. The summed E-state index contributed by atoms with van der Waals surface area (Å²) in [5, 5.41) is 0.746. The molecule has 9 heteroatoms. The molecule has 1 saturated carbocycles. The van der Waals surface area contributed by atoms with Crippen LogP contribution in [0.15, 0.2) is 59.8 Å². The Morgan fingerprint density at radius 2 is 1.74 bits per heavy atom. The molecule has 3 fully saturated rings. The third-order valence-electron chi connectivity index (χ3n) is 9.46. The topological polar surface area (TPSA) is 68.1 Å². The molecule has 0 radical (unpaired) electrons. The number of hydrogen-bond acceptors (Lipinski definition) is 4. The molecule has 3 aliphatic rings. The summed E-state index contributed by atoms with van der Waals surface area (Å²) >= 11 is 12.9. The monoisotopic (exact) mass is 616 g/mol. The Hall–Kier alpha value is -3.55. The number of pyridine rings is 3. The molecule has 5 heterocycles. The van der Waals surface area contributed by atoms with Crippen LogP contribution in [0.25, 0.3) is 16.9 Å². The van der Waals surface area contributed by atoms with Gasteiger partial charge in [0.05, 0.1) is 22.0 Å². The molecule has 220 valence electrons. The summed E-state index contributed by atoms with van der Waals surface area (Å²) in [7, 11) is 0. The van der Waals surface area contributed by atoms with Crippen molar-refractivity contribution in [1.82, 2.24) is 19.4 Å². The highest BCUT2D eigenvalue weighted by atomic mass is 35.5. The van der Waals surface area contributed by atoms with E-state index in [0.717, 1.165) is 55.2 Å². The Bertz CT molecular complexity index is 1820. The van der Waals surface area contributed by atoms with Gasteiger partial charge >= 0.3 is 0 Å². The van der Waals surface area contributed by atoms with Gasteiger partial charge in [-0.25, -0.2) is 4.39 Å². The predicted molar refractivity (Wildman–Crippen MR) is 166 cm³/mol. The summed E-state index contributed by atoms with van der Waals surface area (Å²) in [4.78, 5) is 37.9. The van der Waals surface area contributed by atoms with E-state index in [9.17, 15) is 9.59 Å². The number of carbonyl (C=O) groups is 1. The molecule has 4 aromatic rings. The van der Waals surface area contributed by atoms with Crippen molar-refractivity contribution in [3.05, 3.63) is 109 Å². The summed E-state index contributed by atoms with van der Waals surface area (Å²) in [6.07, 6.45) is 10.9. The van der Waals surface area contributed by atoms with Gasteiger partial charge in [-0.05, 0) is 111 Å². The van der Waals surface area contributed by atoms with Crippen LogP contribution in [-0.4, -0.2) is 37.4 Å². The molecule has 1 aliphatic carbocycles. The fourth-order valence-electron chi connectivity index (χ4n) is 7.23. The van der Waals surface area contributed by atoms with Gasteiger partial charge in [-0.2, -0.15) is 0 Å². The Labute approximate surface area is 259 Å². The van der Waals surface area contributed by atoms with E-state index in [0.29, 0.717) is 22.1 Å².